The Morgan fingerprint density at radius 3 is 2.55 bits per heavy atom. The first-order chi connectivity index (χ1) is 9.47. The zero-order valence-corrected chi connectivity index (χ0v) is 12.5. The molecule has 0 amide bonds. The highest BCUT2D eigenvalue weighted by Crippen LogP contribution is 2.31. The lowest BCUT2D eigenvalue weighted by Crippen LogP contribution is -2.21. The zero-order valence-electron chi connectivity index (χ0n) is 11.0. The number of nitrogens with one attached hydrogen (secondary N) is 2. The minimum atomic E-state index is 0.386. The van der Waals surface area contributed by atoms with Crippen LogP contribution in [0.15, 0.2) is 24.5 Å². The Morgan fingerprint density at radius 2 is 1.85 bits per heavy atom. The predicted octanol–water partition coefficient (Wildman–Crippen LogP) is 3.00. The van der Waals surface area contributed by atoms with Crippen LogP contribution in [0.4, 0.5) is 23.0 Å². The molecule has 4 N–H and O–H groups in total. The number of nitrogens with zero attached hydrogens (tertiary/aromatic N) is 3. The van der Waals surface area contributed by atoms with Crippen molar-refractivity contribution in [1.29, 1.82) is 0 Å². The summed E-state index contributed by atoms with van der Waals surface area (Å²) in [6, 6.07) is 5.10. The second kappa shape index (κ2) is 6.13. The molecule has 1 heterocycles. The molecule has 106 valence electrons. The van der Waals surface area contributed by atoms with Crippen LogP contribution < -0.4 is 16.5 Å². The monoisotopic (exact) mass is 312 g/mol. The van der Waals surface area contributed by atoms with Crippen LogP contribution in [-0.4, -0.2) is 29.1 Å². The van der Waals surface area contributed by atoms with E-state index in [4.69, 9.17) is 28.9 Å². The molecule has 20 heavy (non-hydrogen) atoms. The number of halogens is 2. The van der Waals surface area contributed by atoms with Crippen molar-refractivity contribution in [3.05, 3.63) is 34.6 Å². The van der Waals surface area contributed by atoms with E-state index >= 15 is 0 Å². The summed E-state index contributed by atoms with van der Waals surface area (Å²) in [7, 11) is 3.67. The van der Waals surface area contributed by atoms with Gasteiger partial charge in [0.15, 0.2) is 11.6 Å². The third-order valence-electron chi connectivity index (χ3n) is 2.39. The van der Waals surface area contributed by atoms with Crippen LogP contribution in [-0.2, 0) is 0 Å². The van der Waals surface area contributed by atoms with Gasteiger partial charge in [-0.3, -0.25) is 0 Å². The third kappa shape index (κ3) is 3.41. The summed E-state index contributed by atoms with van der Waals surface area (Å²) < 4.78 is 0. The Labute approximate surface area is 126 Å². The molecule has 0 radical (unpaired) electrons. The summed E-state index contributed by atoms with van der Waals surface area (Å²) in [6.45, 7) is 0. The fourth-order valence-corrected chi connectivity index (χ4v) is 1.85. The van der Waals surface area contributed by atoms with Crippen molar-refractivity contribution >= 4 is 46.2 Å². The van der Waals surface area contributed by atoms with Crippen LogP contribution in [0.1, 0.15) is 0 Å². The molecule has 0 spiro atoms. The van der Waals surface area contributed by atoms with Crippen molar-refractivity contribution in [3.8, 4) is 0 Å². The zero-order chi connectivity index (χ0) is 14.7. The van der Waals surface area contributed by atoms with Crippen molar-refractivity contribution in [3.63, 3.8) is 0 Å². The number of hydrogen-bond acceptors (Lipinski definition) is 6. The van der Waals surface area contributed by atoms with Crippen LogP contribution in [0.25, 0.3) is 0 Å². The van der Waals surface area contributed by atoms with Gasteiger partial charge in [-0.2, -0.15) is 0 Å². The normalized spacial score (nSPS) is 10.7. The van der Waals surface area contributed by atoms with Crippen molar-refractivity contribution in [1.82, 2.24) is 15.0 Å². The molecular weight excluding hydrogens is 299 g/mol. The third-order valence-corrected chi connectivity index (χ3v) is 2.96. The molecule has 1 aromatic carbocycles. The number of benzene rings is 1. The van der Waals surface area contributed by atoms with E-state index in [1.807, 2.05) is 14.1 Å². The Balaban J connectivity index is 2.32. The molecule has 0 atom stereocenters. The second-order valence-electron chi connectivity index (χ2n) is 4.24. The highest BCUT2D eigenvalue weighted by molar-refractivity contribution is 6.35. The lowest BCUT2D eigenvalue weighted by molar-refractivity contribution is 0.492. The van der Waals surface area contributed by atoms with Gasteiger partial charge in [0.2, 0.25) is 0 Å². The fraction of sp³-hybridized carbons (Fsp3) is 0.167. The minimum Gasteiger partial charge on any atom is -0.393 e. The van der Waals surface area contributed by atoms with Crippen LogP contribution in [0, 0.1) is 0 Å². The van der Waals surface area contributed by atoms with Gasteiger partial charge in [-0.1, -0.05) is 23.2 Å². The molecule has 0 saturated heterocycles. The molecule has 0 fully saturated rings. The molecule has 8 heteroatoms. The van der Waals surface area contributed by atoms with Gasteiger partial charge < -0.3 is 16.5 Å². The van der Waals surface area contributed by atoms with Crippen molar-refractivity contribution < 1.29 is 0 Å². The maximum Gasteiger partial charge on any atom is 0.169 e. The highest BCUT2D eigenvalue weighted by atomic mass is 35.5. The SMILES string of the molecule is CN(C)Nc1ncnc(Nc2cc(Cl)ccc2Cl)c1N. The van der Waals surface area contributed by atoms with Crippen LogP contribution >= 0.6 is 23.2 Å². The fourth-order valence-electron chi connectivity index (χ4n) is 1.52. The average Bonchev–Trinajstić information content (AvgIpc) is 2.38. The molecule has 0 saturated carbocycles. The van der Waals surface area contributed by atoms with Gasteiger partial charge in [0.05, 0.1) is 10.7 Å². The summed E-state index contributed by atoms with van der Waals surface area (Å²) >= 11 is 12.0. The van der Waals surface area contributed by atoms with E-state index in [9.17, 15) is 0 Å². The molecule has 0 unspecified atom stereocenters. The molecule has 0 aliphatic rings. The quantitative estimate of drug-likeness (QED) is 0.753. The maximum atomic E-state index is 6.09. The molecule has 6 nitrogen and oxygen atoms in total. The number of hydrogen-bond donors (Lipinski definition) is 3. The van der Waals surface area contributed by atoms with Crippen LogP contribution in [0.3, 0.4) is 0 Å². The molecule has 2 rings (SSSR count). The first kappa shape index (κ1) is 14.6. The van der Waals surface area contributed by atoms with E-state index < -0.39 is 0 Å². The molecule has 2 aromatic rings. The van der Waals surface area contributed by atoms with Gasteiger partial charge in [-0.25, -0.2) is 15.0 Å². The first-order valence-corrected chi connectivity index (χ1v) is 6.49. The van der Waals surface area contributed by atoms with Gasteiger partial charge in [0.1, 0.15) is 12.0 Å². The first-order valence-electron chi connectivity index (χ1n) is 5.74. The molecule has 0 aliphatic heterocycles. The Kier molecular flexibility index (Phi) is 4.49. The number of aromatic nitrogens is 2. The Hall–Kier alpha value is -1.76. The maximum absolute atomic E-state index is 6.09. The van der Waals surface area contributed by atoms with Crippen molar-refractivity contribution in [2.45, 2.75) is 0 Å². The van der Waals surface area contributed by atoms with E-state index in [1.54, 1.807) is 23.2 Å². The minimum absolute atomic E-state index is 0.386. The molecule has 1 aromatic heterocycles. The summed E-state index contributed by atoms with van der Waals surface area (Å²) in [5.74, 6) is 0.958. The number of nitrogens with two attached hydrogens (primary N) is 1. The standard InChI is InChI=1S/C12H14Cl2N6/c1-20(2)19-12-10(15)11(16-6-17-12)18-9-5-7(13)3-4-8(9)14/h3-6H,15H2,1-2H3,(H2,16,17,18,19). The smallest absolute Gasteiger partial charge is 0.169 e. The summed E-state index contributed by atoms with van der Waals surface area (Å²) in [5.41, 5.74) is 10.0. The van der Waals surface area contributed by atoms with E-state index in [0.717, 1.165) is 0 Å². The molecule has 0 bridgehead atoms. The highest BCUT2D eigenvalue weighted by Gasteiger charge is 2.10. The topological polar surface area (TPSA) is 79.1 Å². The van der Waals surface area contributed by atoms with E-state index in [2.05, 4.69) is 20.7 Å². The lowest BCUT2D eigenvalue weighted by Gasteiger charge is -2.16. The summed E-state index contributed by atoms with van der Waals surface area (Å²) in [5, 5.41) is 5.86. The lowest BCUT2D eigenvalue weighted by atomic mass is 10.3. The average molecular weight is 313 g/mol. The Bertz CT molecular complexity index is 617. The van der Waals surface area contributed by atoms with Gasteiger partial charge in [0, 0.05) is 19.1 Å². The van der Waals surface area contributed by atoms with Crippen LogP contribution in [0.5, 0.6) is 0 Å². The number of rotatable bonds is 4. The predicted molar refractivity (Wildman–Crippen MR) is 83.5 cm³/mol. The summed E-state index contributed by atoms with van der Waals surface area (Å²) in [6.07, 6.45) is 1.41. The van der Waals surface area contributed by atoms with E-state index in [0.29, 0.717) is 33.1 Å². The largest absolute Gasteiger partial charge is 0.393 e. The number of hydrazine groups is 1. The second-order valence-corrected chi connectivity index (χ2v) is 5.08. The molecular formula is C12H14Cl2N6. The van der Waals surface area contributed by atoms with E-state index in [-0.39, 0.29) is 0 Å². The van der Waals surface area contributed by atoms with Crippen LogP contribution in [0.2, 0.25) is 10.0 Å². The van der Waals surface area contributed by atoms with E-state index in [1.165, 1.54) is 6.33 Å². The number of anilines is 4. The van der Waals surface area contributed by atoms with Crippen molar-refractivity contribution in [2.24, 2.45) is 0 Å². The van der Waals surface area contributed by atoms with Crippen molar-refractivity contribution in [2.75, 3.05) is 30.6 Å². The van der Waals surface area contributed by atoms with Gasteiger partial charge in [0.25, 0.3) is 0 Å². The van der Waals surface area contributed by atoms with Gasteiger partial charge in [-0.05, 0) is 18.2 Å². The molecule has 0 aliphatic carbocycles. The Morgan fingerprint density at radius 1 is 1.15 bits per heavy atom. The van der Waals surface area contributed by atoms with Gasteiger partial charge >= 0.3 is 0 Å². The summed E-state index contributed by atoms with van der Waals surface area (Å²) in [4.78, 5) is 8.18. The number of nitrogen functional groups attached to an aromatic ring is 1. The van der Waals surface area contributed by atoms with Gasteiger partial charge in [-0.15, -0.1) is 0 Å².